The maximum atomic E-state index is 13.7. The first-order chi connectivity index (χ1) is 18.6. The molecule has 0 saturated heterocycles. The van der Waals surface area contributed by atoms with Crippen molar-refractivity contribution in [2.45, 2.75) is 84.4 Å². The SMILES string of the molecule is O=P(O)(O)OC(F)C(F)(F)C(F)(F)C(F)(F)C(F)(F)C(F)(F)C(F)(F)C(F)(F)C(F)(F)C(F)(F)C(F)(F)C(F)C(F)C(F)F. The van der Waals surface area contributed by atoms with Crippen molar-refractivity contribution in [2.24, 2.45) is 0 Å². The molecular weight excluding hydrogens is 738 g/mol. The Kier molecular flexibility index (Phi) is 10.8. The molecule has 0 spiro atoms. The van der Waals surface area contributed by atoms with E-state index in [9.17, 15) is 114 Å². The van der Waals surface area contributed by atoms with Gasteiger partial charge in [-0.2, -0.15) is 87.8 Å². The molecule has 0 heterocycles. The van der Waals surface area contributed by atoms with E-state index in [1.807, 2.05) is 4.52 Å². The fourth-order valence-corrected chi connectivity index (χ4v) is 2.81. The summed E-state index contributed by atoms with van der Waals surface area (Å²) in [4.78, 5) is 15.9. The van der Waals surface area contributed by atoms with Gasteiger partial charge in [-0.1, -0.05) is 0 Å². The van der Waals surface area contributed by atoms with Gasteiger partial charge in [-0.3, -0.25) is 0 Å². The van der Waals surface area contributed by atoms with E-state index >= 15 is 0 Å². The summed E-state index contributed by atoms with van der Waals surface area (Å²) in [5, 5.41) is 0. The van der Waals surface area contributed by atoms with E-state index in [1.54, 1.807) is 0 Å². The van der Waals surface area contributed by atoms with Gasteiger partial charge in [0, 0.05) is 0 Å². The van der Waals surface area contributed by atoms with E-state index < -0.39 is 92.2 Å². The third kappa shape index (κ3) is 5.74. The molecule has 266 valence electrons. The number of rotatable bonds is 15. The first-order valence-corrected chi connectivity index (χ1v) is 10.9. The average Bonchev–Trinajstić information content (AvgIpc) is 2.80. The summed E-state index contributed by atoms with van der Waals surface area (Å²) in [6.07, 6.45) is -22.9. The third-order valence-corrected chi connectivity index (χ3v) is 5.44. The number of phosphoric acid groups is 1. The van der Waals surface area contributed by atoms with Crippen LogP contribution in [0.2, 0.25) is 0 Å². The van der Waals surface area contributed by atoms with Crippen LogP contribution in [0.1, 0.15) is 0 Å². The maximum Gasteiger partial charge on any atom is 0.472 e. The third-order valence-electron chi connectivity index (χ3n) is 4.98. The smallest absolute Gasteiger partial charge is 0.303 e. The molecule has 0 saturated carbocycles. The molecule has 3 atom stereocenters. The molecule has 0 aromatic carbocycles. The Hall–Kier alpha value is -1.64. The normalized spacial score (nSPS) is 18.5. The molecule has 0 rings (SSSR count). The molecule has 3 unspecified atom stereocenters. The molecule has 0 aliphatic carbocycles. The Morgan fingerprint density at radius 2 is 0.659 bits per heavy atom. The highest BCUT2D eigenvalue weighted by Crippen LogP contribution is 2.67. The van der Waals surface area contributed by atoms with Crippen molar-refractivity contribution in [3.05, 3.63) is 0 Å². The minimum Gasteiger partial charge on any atom is -0.303 e. The molecule has 0 radical (unpaired) electrons. The Bertz CT molecular complexity index is 1070. The lowest BCUT2D eigenvalue weighted by atomic mass is 9.84. The van der Waals surface area contributed by atoms with Crippen molar-refractivity contribution in [3.8, 4) is 0 Å². The van der Waals surface area contributed by atoms with Crippen molar-refractivity contribution < 1.29 is 129 Å². The van der Waals surface area contributed by atoms with Crippen molar-refractivity contribution in [1.29, 1.82) is 0 Å². The predicted octanol–water partition coefficient (Wildman–Crippen LogP) is 7.69. The fourth-order valence-electron chi connectivity index (χ4n) is 2.43. The summed E-state index contributed by atoms with van der Waals surface area (Å²) >= 11 is 0. The lowest BCUT2D eigenvalue weighted by Crippen LogP contribution is -2.77. The van der Waals surface area contributed by atoms with Gasteiger partial charge in [0.1, 0.15) is 0 Å². The molecule has 44 heavy (non-hydrogen) atoms. The van der Waals surface area contributed by atoms with Gasteiger partial charge in [-0.15, -0.1) is 0 Å². The average molecular weight is 744 g/mol. The quantitative estimate of drug-likeness (QED) is 0.134. The maximum absolute atomic E-state index is 13.7. The van der Waals surface area contributed by atoms with Crippen molar-refractivity contribution in [3.63, 3.8) is 0 Å². The highest BCUT2D eigenvalue weighted by Gasteiger charge is 2.98. The minimum atomic E-state index is -9.62. The molecular formula is C14H6F25O4P. The Balaban J connectivity index is 7.24. The summed E-state index contributed by atoms with van der Waals surface area (Å²) in [7, 11) is -6.93. The van der Waals surface area contributed by atoms with Crippen LogP contribution in [0, 0.1) is 0 Å². The van der Waals surface area contributed by atoms with E-state index in [4.69, 9.17) is 9.79 Å². The summed E-state index contributed by atoms with van der Waals surface area (Å²) in [5.41, 5.74) is 0. The van der Waals surface area contributed by atoms with E-state index in [0.29, 0.717) is 0 Å². The largest absolute Gasteiger partial charge is 0.472 e. The van der Waals surface area contributed by atoms with Gasteiger partial charge in [0.2, 0.25) is 6.17 Å². The van der Waals surface area contributed by atoms with Gasteiger partial charge in [-0.25, -0.2) is 31.0 Å². The molecule has 0 bridgehead atoms. The van der Waals surface area contributed by atoms with Crippen LogP contribution in [0.25, 0.3) is 0 Å². The summed E-state index contributed by atoms with van der Waals surface area (Å²) in [6, 6.07) is 0. The molecule has 0 aromatic heterocycles. The Morgan fingerprint density at radius 1 is 0.432 bits per heavy atom. The molecule has 30 heteroatoms. The second kappa shape index (κ2) is 11.3. The second-order valence-electron chi connectivity index (χ2n) is 7.93. The molecule has 0 aliphatic heterocycles. The van der Waals surface area contributed by atoms with Gasteiger partial charge in [-0.05, 0) is 0 Å². The Labute approximate surface area is 222 Å². The van der Waals surface area contributed by atoms with E-state index in [-0.39, 0.29) is 0 Å². The van der Waals surface area contributed by atoms with Gasteiger partial charge < -0.3 is 9.79 Å². The highest BCUT2D eigenvalue weighted by atomic mass is 31.2. The second-order valence-corrected chi connectivity index (χ2v) is 9.13. The van der Waals surface area contributed by atoms with Crippen LogP contribution < -0.4 is 0 Å². The summed E-state index contributed by atoms with van der Waals surface area (Å²) < 4.78 is 346. The number of phosphoric ester groups is 1. The number of hydrogen-bond acceptors (Lipinski definition) is 2. The zero-order valence-electron chi connectivity index (χ0n) is 18.9. The molecule has 4 nitrogen and oxygen atoms in total. The lowest BCUT2D eigenvalue weighted by Gasteiger charge is -2.45. The van der Waals surface area contributed by atoms with Gasteiger partial charge in [0.25, 0.3) is 12.8 Å². The van der Waals surface area contributed by atoms with Crippen molar-refractivity contribution in [1.82, 2.24) is 0 Å². The summed E-state index contributed by atoms with van der Waals surface area (Å²) in [6.45, 7) is 0. The van der Waals surface area contributed by atoms with Crippen LogP contribution in [0.4, 0.5) is 110 Å². The van der Waals surface area contributed by atoms with Crippen molar-refractivity contribution >= 4 is 7.82 Å². The van der Waals surface area contributed by atoms with Gasteiger partial charge in [0.15, 0.2) is 6.17 Å². The molecule has 2 N–H and O–H groups in total. The zero-order chi connectivity index (χ0) is 36.5. The van der Waals surface area contributed by atoms with Gasteiger partial charge in [0.05, 0.1) is 0 Å². The Morgan fingerprint density at radius 3 is 0.886 bits per heavy atom. The van der Waals surface area contributed by atoms with Crippen LogP contribution in [0.3, 0.4) is 0 Å². The van der Waals surface area contributed by atoms with Gasteiger partial charge >= 0.3 is 67.0 Å². The monoisotopic (exact) mass is 744 g/mol. The number of alkyl halides is 25. The molecule has 0 aliphatic rings. The molecule has 0 amide bonds. The highest BCUT2D eigenvalue weighted by molar-refractivity contribution is 7.46. The van der Waals surface area contributed by atoms with Crippen LogP contribution in [-0.4, -0.2) is 94.1 Å². The van der Waals surface area contributed by atoms with Crippen molar-refractivity contribution in [2.75, 3.05) is 0 Å². The standard InChI is InChI=1S/C14H6F25O4P/c15-1(3(17)18)2(16)5(20,21)7(24,25)9(28,29)11(32,33)13(36,37)14(38,39)12(34,35)10(30,31)8(26,27)6(22,23)4(19)43-44(40,41)42/h1-4H,(H2,40,41,42). The first kappa shape index (κ1) is 42.4. The summed E-state index contributed by atoms with van der Waals surface area (Å²) in [5.74, 6) is -90.8. The lowest BCUT2D eigenvalue weighted by molar-refractivity contribution is -0.473. The number of hydrogen-bond donors (Lipinski definition) is 2. The van der Waals surface area contributed by atoms with E-state index in [0.717, 1.165) is 0 Å². The minimum absolute atomic E-state index is 2.05. The first-order valence-electron chi connectivity index (χ1n) is 9.37. The van der Waals surface area contributed by atoms with E-state index in [1.165, 1.54) is 0 Å². The molecule has 0 aromatic rings. The predicted molar refractivity (Wildman–Crippen MR) is 83.3 cm³/mol. The number of halogens is 25. The van der Waals surface area contributed by atoms with E-state index in [2.05, 4.69) is 0 Å². The van der Waals surface area contributed by atoms with Crippen LogP contribution >= 0.6 is 7.82 Å². The zero-order valence-corrected chi connectivity index (χ0v) is 19.8. The fraction of sp³-hybridized carbons (Fsp3) is 1.00. The van der Waals surface area contributed by atoms with Crippen LogP contribution in [0.15, 0.2) is 0 Å². The topological polar surface area (TPSA) is 66.8 Å². The van der Waals surface area contributed by atoms with Crippen LogP contribution in [0.5, 0.6) is 0 Å². The molecule has 0 fully saturated rings. The van der Waals surface area contributed by atoms with Crippen LogP contribution in [-0.2, 0) is 9.09 Å².